The zero-order valence-electron chi connectivity index (χ0n) is 21.8. The highest BCUT2D eigenvalue weighted by Gasteiger charge is 2.30. The van der Waals surface area contributed by atoms with Gasteiger partial charge in [0.1, 0.15) is 11.5 Å². The standard InChI is InChI=1S/C31H33NO4/c1-7-32(8-2)24-15-9-21(10-16-24)19-27-28(33)25-17-18-26(20(3)29(25)35-27)36-30(34)22-11-13-23(14-12-22)31(4,5)6/h9-19H,7-8H2,1-6H3/b27-19-. The maximum Gasteiger partial charge on any atom is 0.343 e. The van der Waals surface area contributed by atoms with E-state index in [-0.39, 0.29) is 17.0 Å². The lowest BCUT2D eigenvalue weighted by atomic mass is 9.87. The molecule has 4 rings (SSSR count). The van der Waals surface area contributed by atoms with Crippen molar-refractivity contribution in [1.29, 1.82) is 0 Å². The van der Waals surface area contributed by atoms with E-state index in [0.29, 0.717) is 28.2 Å². The van der Waals surface area contributed by atoms with Crippen molar-refractivity contribution in [2.75, 3.05) is 18.0 Å². The van der Waals surface area contributed by atoms with Crippen LogP contribution in [-0.4, -0.2) is 24.8 Å². The summed E-state index contributed by atoms with van der Waals surface area (Å²) in [4.78, 5) is 28.0. The summed E-state index contributed by atoms with van der Waals surface area (Å²) in [5.41, 5.74) is 4.70. The lowest BCUT2D eigenvalue weighted by Crippen LogP contribution is -2.21. The predicted molar refractivity (Wildman–Crippen MR) is 144 cm³/mol. The molecule has 3 aromatic carbocycles. The molecule has 0 fully saturated rings. The fourth-order valence-electron chi connectivity index (χ4n) is 4.27. The molecule has 5 nitrogen and oxygen atoms in total. The summed E-state index contributed by atoms with van der Waals surface area (Å²) in [5.74, 6) is 0.420. The number of ether oxygens (including phenoxy) is 2. The number of nitrogens with zero attached hydrogens (tertiary/aromatic N) is 1. The Morgan fingerprint density at radius 2 is 1.58 bits per heavy atom. The summed E-state index contributed by atoms with van der Waals surface area (Å²) >= 11 is 0. The van der Waals surface area contributed by atoms with E-state index in [4.69, 9.17) is 9.47 Å². The number of Topliss-reactive ketones (excluding diaryl/α,β-unsaturated/α-hetero) is 1. The molecule has 0 unspecified atom stereocenters. The van der Waals surface area contributed by atoms with Gasteiger partial charge in [0, 0.05) is 24.3 Å². The first kappa shape index (κ1) is 25.2. The number of benzene rings is 3. The van der Waals surface area contributed by atoms with Crippen LogP contribution in [0.5, 0.6) is 11.5 Å². The molecule has 5 heteroatoms. The SMILES string of the molecule is CCN(CC)c1ccc(/C=C2\Oc3c(ccc(OC(=O)c4ccc(C(C)(C)C)cc4)c3C)C2=O)cc1. The van der Waals surface area contributed by atoms with Crippen molar-refractivity contribution in [1.82, 2.24) is 0 Å². The zero-order valence-corrected chi connectivity index (χ0v) is 21.8. The third-order valence-corrected chi connectivity index (χ3v) is 6.55. The van der Waals surface area contributed by atoms with Gasteiger partial charge >= 0.3 is 5.97 Å². The summed E-state index contributed by atoms with van der Waals surface area (Å²) in [7, 11) is 0. The van der Waals surface area contributed by atoms with Crippen LogP contribution in [0.2, 0.25) is 0 Å². The van der Waals surface area contributed by atoms with Crippen molar-refractivity contribution < 1.29 is 19.1 Å². The van der Waals surface area contributed by atoms with E-state index in [0.717, 1.165) is 29.9 Å². The molecule has 0 saturated heterocycles. The number of fused-ring (bicyclic) bond motifs is 1. The average molecular weight is 484 g/mol. The van der Waals surface area contributed by atoms with E-state index in [2.05, 4.69) is 39.5 Å². The molecule has 0 aliphatic carbocycles. The number of allylic oxidation sites excluding steroid dienone is 1. The fourth-order valence-corrected chi connectivity index (χ4v) is 4.27. The number of rotatable bonds is 6. The summed E-state index contributed by atoms with van der Waals surface area (Å²) in [6, 6.07) is 18.8. The van der Waals surface area contributed by atoms with Crippen LogP contribution in [0.25, 0.3) is 6.08 Å². The minimum Gasteiger partial charge on any atom is -0.452 e. The van der Waals surface area contributed by atoms with Crippen molar-refractivity contribution >= 4 is 23.5 Å². The van der Waals surface area contributed by atoms with Crippen molar-refractivity contribution in [3.05, 3.63) is 94.2 Å². The highest BCUT2D eigenvalue weighted by Crippen LogP contribution is 2.39. The maximum absolute atomic E-state index is 13.0. The van der Waals surface area contributed by atoms with Crippen LogP contribution in [0.1, 0.15) is 72.0 Å². The van der Waals surface area contributed by atoms with E-state index in [9.17, 15) is 9.59 Å². The third kappa shape index (κ3) is 5.06. The fraction of sp³-hybridized carbons (Fsp3) is 0.290. The van der Waals surface area contributed by atoms with E-state index in [1.807, 2.05) is 36.4 Å². The molecule has 36 heavy (non-hydrogen) atoms. The second-order valence-corrected chi connectivity index (χ2v) is 9.99. The molecule has 1 aliphatic heterocycles. The molecular weight excluding hydrogens is 450 g/mol. The van der Waals surface area contributed by atoms with Crippen LogP contribution in [0.15, 0.2) is 66.4 Å². The molecule has 0 bridgehead atoms. The molecule has 0 saturated carbocycles. The molecular formula is C31H33NO4. The lowest BCUT2D eigenvalue weighted by molar-refractivity contribution is 0.0733. The topological polar surface area (TPSA) is 55.8 Å². The molecule has 0 aromatic heterocycles. The molecule has 3 aromatic rings. The number of carbonyl (C=O) groups excluding carboxylic acids is 2. The molecule has 0 N–H and O–H groups in total. The van der Waals surface area contributed by atoms with Gasteiger partial charge in [-0.2, -0.15) is 0 Å². The molecule has 1 aliphatic rings. The second kappa shape index (κ2) is 10.0. The Bertz CT molecular complexity index is 1310. The van der Waals surface area contributed by atoms with Gasteiger partial charge in [0.05, 0.1) is 11.1 Å². The van der Waals surface area contributed by atoms with Gasteiger partial charge in [-0.3, -0.25) is 4.79 Å². The van der Waals surface area contributed by atoms with E-state index < -0.39 is 5.97 Å². The Hall–Kier alpha value is -3.86. The first-order valence-electron chi connectivity index (χ1n) is 12.4. The largest absolute Gasteiger partial charge is 0.452 e. The Kier molecular flexibility index (Phi) is 7.02. The molecule has 0 radical (unpaired) electrons. The Labute approximate surface area is 213 Å². The van der Waals surface area contributed by atoms with Crippen LogP contribution >= 0.6 is 0 Å². The van der Waals surface area contributed by atoms with Gasteiger partial charge in [-0.15, -0.1) is 0 Å². The van der Waals surface area contributed by atoms with Gasteiger partial charge in [0.25, 0.3) is 0 Å². The molecule has 1 heterocycles. The van der Waals surface area contributed by atoms with Crippen molar-refractivity contribution in [2.24, 2.45) is 0 Å². The molecule has 0 atom stereocenters. The minimum absolute atomic E-state index is 0.00150. The van der Waals surface area contributed by atoms with E-state index in [1.165, 1.54) is 0 Å². The van der Waals surface area contributed by atoms with Gasteiger partial charge in [0.15, 0.2) is 5.76 Å². The monoisotopic (exact) mass is 483 g/mol. The quantitative estimate of drug-likeness (QED) is 0.215. The van der Waals surface area contributed by atoms with Gasteiger partial charge in [-0.25, -0.2) is 4.79 Å². The van der Waals surface area contributed by atoms with E-state index >= 15 is 0 Å². The Balaban J connectivity index is 1.52. The van der Waals surface area contributed by atoms with Crippen LogP contribution < -0.4 is 14.4 Å². The number of hydrogen-bond donors (Lipinski definition) is 0. The van der Waals surface area contributed by atoms with Crippen molar-refractivity contribution in [2.45, 2.75) is 47.0 Å². The van der Waals surface area contributed by atoms with Crippen LogP contribution in [0, 0.1) is 6.92 Å². The van der Waals surface area contributed by atoms with Gasteiger partial charge in [-0.1, -0.05) is 45.0 Å². The smallest absolute Gasteiger partial charge is 0.343 e. The van der Waals surface area contributed by atoms with Gasteiger partial charge in [0.2, 0.25) is 5.78 Å². The summed E-state index contributed by atoms with van der Waals surface area (Å²) in [6.45, 7) is 14.3. The molecule has 0 amide bonds. The molecule has 186 valence electrons. The zero-order chi connectivity index (χ0) is 26.0. The number of ketones is 1. The van der Waals surface area contributed by atoms with Crippen LogP contribution in [0.3, 0.4) is 0 Å². The highest BCUT2D eigenvalue weighted by molar-refractivity contribution is 6.15. The first-order chi connectivity index (χ1) is 17.1. The minimum atomic E-state index is -0.452. The first-order valence-corrected chi connectivity index (χ1v) is 12.4. The van der Waals surface area contributed by atoms with E-state index in [1.54, 1.807) is 37.3 Å². The van der Waals surface area contributed by atoms with Gasteiger partial charge in [-0.05, 0) is 79.8 Å². The average Bonchev–Trinajstić information content (AvgIpc) is 3.18. The van der Waals surface area contributed by atoms with Crippen molar-refractivity contribution in [3.8, 4) is 11.5 Å². The number of carbonyl (C=O) groups is 2. The molecule has 0 spiro atoms. The third-order valence-electron chi connectivity index (χ3n) is 6.55. The van der Waals surface area contributed by atoms with Gasteiger partial charge < -0.3 is 14.4 Å². The Morgan fingerprint density at radius 3 is 2.17 bits per heavy atom. The predicted octanol–water partition coefficient (Wildman–Crippen LogP) is 6.97. The normalized spacial score (nSPS) is 13.9. The number of esters is 1. The summed E-state index contributed by atoms with van der Waals surface area (Å²) < 4.78 is 11.6. The van der Waals surface area contributed by atoms with Crippen LogP contribution in [-0.2, 0) is 5.41 Å². The maximum atomic E-state index is 13.0. The second-order valence-electron chi connectivity index (χ2n) is 9.99. The lowest BCUT2D eigenvalue weighted by Gasteiger charge is -2.20. The van der Waals surface area contributed by atoms with Crippen LogP contribution in [0.4, 0.5) is 5.69 Å². The summed E-state index contributed by atoms with van der Waals surface area (Å²) in [5, 5.41) is 0. The van der Waals surface area contributed by atoms with Crippen molar-refractivity contribution in [3.63, 3.8) is 0 Å². The number of anilines is 1. The highest BCUT2D eigenvalue weighted by atomic mass is 16.5. The number of hydrogen-bond acceptors (Lipinski definition) is 5. The summed E-state index contributed by atoms with van der Waals surface area (Å²) in [6.07, 6.45) is 1.75. The Morgan fingerprint density at radius 1 is 0.944 bits per heavy atom.